The van der Waals surface area contributed by atoms with Gasteiger partial charge in [0.25, 0.3) is 0 Å². The average Bonchev–Trinajstić information content (AvgIpc) is 3.73. The molecule has 1 saturated heterocycles. The smallest absolute Gasteiger partial charge is 0.246 e. The van der Waals surface area contributed by atoms with Crippen molar-refractivity contribution >= 4 is 47.9 Å². The van der Waals surface area contributed by atoms with E-state index >= 15 is 4.39 Å². The van der Waals surface area contributed by atoms with Crippen LogP contribution in [0.25, 0.3) is 28.1 Å². The van der Waals surface area contributed by atoms with E-state index in [-0.39, 0.29) is 29.2 Å². The third-order valence-electron chi connectivity index (χ3n) is 10.6. The quantitative estimate of drug-likeness (QED) is 0.0814. The first kappa shape index (κ1) is 41.4. The highest BCUT2D eigenvalue weighted by atomic mass is 127. The van der Waals surface area contributed by atoms with Crippen molar-refractivity contribution in [3.05, 3.63) is 45.2 Å². The normalized spacial score (nSPS) is 16.8. The Bertz CT molecular complexity index is 1890. The summed E-state index contributed by atoms with van der Waals surface area (Å²) >= 11 is 2.36. The highest BCUT2D eigenvalue weighted by Gasteiger charge is 2.38. The molecule has 0 saturated carbocycles. The summed E-state index contributed by atoms with van der Waals surface area (Å²) in [6.07, 6.45) is 3.97. The zero-order valence-corrected chi connectivity index (χ0v) is 36.7. The Balaban J connectivity index is 1.39. The number of halogens is 2. The molecule has 1 aliphatic rings. The summed E-state index contributed by atoms with van der Waals surface area (Å²) in [6.45, 7) is 29.5. The molecule has 0 radical (unpaired) electrons. The number of aromatic nitrogens is 6. The summed E-state index contributed by atoms with van der Waals surface area (Å²) in [5.41, 5.74) is 4.32. The van der Waals surface area contributed by atoms with Gasteiger partial charge in [-0.2, -0.15) is 10.2 Å². The van der Waals surface area contributed by atoms with Crippen LogP contribution in [0.2, 0.25) is 18.1 Å². The molecule has 0 bridgehead atoms. The molecule has 0 spiro atoms. The molecule has 5 rings (SSSR count). The predicted molar refractivity (Wildman–Crippen MR) is 221 cm³/mol. The summed E-state index contributed by atoms with van der Waals surface area (Å²) < 4.78 is 47.9. The van der Waals surface area contributed by atoms with Crippen LogP contribution in [0.5, 0.6) is 11.8 Å². The number of hydrogen-bond donors (Lipinski definition) is 0. The van der Waals surface area contributed by atoms with Crippen molar-refractivity contribution in [2.45, 2.75) is 118 Å². The monoisotopic (exact) mass is 863 g/mol. The number of hydrogen-bond acceptors (Lipinski definition) is 8. The zero-order valence-electron chi connectivity index (χ0n) is 33.6. The first-order valence-electron chi connectivity index (χ1n) is 18.9. The molecular formula is C39H59FIN7O4Si. The van der Waals surface area contributed by atoms with Crippen molar-refractivity contribution in [3.8, 4) is 22.9 Å². The SMILES string of the molecule is C=Cc1nn(C2CCCCO2)c2c(F)cc(-c3c(C)nn(C)c3O[C@@H](C)CN(CC)Cc3c(I)c(OCC)nn3[C@@H](C)CO[Si](C)(C)C(C)(C)C)cc12. The van der Waals surface area contributed by atoms with Crippen LogP contribution in [-0.2, 0) is 22.8 Å². The maximum absolute atomic E-state index is 16.1. The molecule has 3 atom stereocenters. The van der Waals surface area contributed by atoms with E-state index < -0.39 is 8.32 Å². The molecule has 11 nitrogen and oxygen atoms in total. The number of rotatable bonds is 16. The van der Waals surface area contributed by atoms with E-state index in [9.17, 15) is 0 Å². The van der Waals surface area contributed by atoms with E-state index in [4.69, 9.17) is 33.9 Å². The first-order valence-corrected chi connectivity index (χ1v) is 22.9. The lowest BCUT2D eigenvalue weighted by Gasteiger charge is -2.37. The van der Waals surface area contributed by atoms with Crippen molar-refractivity contribution in [3.63, 3.8) is 0 Å². The van der Waals surface area contributed by atoms with Gasteiger partial charge in [0, 0.05) is 32.1 Å². The maximum atomic E-state index is 16.1. The number of nitrogens with zero attached hydrogens (tertiary/aromatic N) is 7. The van der Waals surface area contributed by atoms with E-state index in [0.29, 0.717) is 66.8 Å². The van der Waals surface area contributed by atoms with E-state index in [1.54, 1.807) is 21.5 Å². The minimum atomic E-state index is -1.94. The Morgan fingerprint density at radius 1 is 1.17 bits per heavy atom. The van der Waals surface area contributed by atoms with Gasteiger partial charge in [-0.15, -0.1) is 5.10 Å². The Hall–Kier alpha value is -2.79. The lowest BCUT2D eigenvalue weighted by Crippen LogP contribution is -2.42. The largest absolute Gasteiger partial charge is 0.476 e. The van der Waals surface area contributed by atoms with Crippen molar-refractivity contribution in [2.75, 3.05) is 32.9 Å². The fourth-order valence-electron chi connectivity index (χ4n) is 6.66. The topological polar surface area (TPSA) is 93.6 Å². The fourth-order valence-corrected chi connectivity index (χ4v) is 8.43. The Labute approximate surface area is 329 Å². The lowest BCUT2D eigenvalue weighted by atomic mass is 10.0. The fraction of sp³-hybridized carbons (Fsp3) is 0.615. The number of fused-ring (bicyclic) bond motifs is 1. The van der Waals surface area contributed by atoms with Gasteiger partial charge < -0.3 is 18.6 Å². The highest BCUT2D eigenvalue weighted by Crippen LogP contribution is 2.40. The second kappa shape index (κ2) is 16.9. The number of benzene rings is 1. The average molecular weight is 864 g/mol. The molecule has 3 aromatic heterocycles. The Morgan fingerprint density at radius 2 is 1.91 bits per heavy atom. The number of likely N-dealkylation sites (N-methyl/N-ethyl adjacent to an activating group) is 1. The van der Waals surface area contributed by atoms with Crippen LogP contribution in [0, 0.1) is 16.3 Å². The van der Waals surface area contributed by atoms with Crippen molar-refractivity contribution in [2.24, 2.45) is 7.05 Å². The molecule has 0 aliphatic carbocycles. The molecule has 14 heteroatoms. The number of aryl methyl sites for hydroxylation is 2. The van der Waals surface area contributed by atoms with Crippen LogP contribution in [-0.4, -0.2) is 81.6 Å². The Kier molecular flexibility index (Phi) is 13.2. The summed E-state index contributed by atoms with van der Waals surface area (Å²) in [4.78, 5) is 2.35. The van der Waals surface area contributed by atoms with Gasteiger partial charge in [-0.3, -0.25) is 9.58 Å². The third kappa shape index (κ3) is 8.87. The van der Waals surface area contributed by atoms with Gasteiger partial charge in [0.05, 0.1) is 45.5 Å². The summed E-state index contributed by atoms with van der Waals surface area (Å²) in [7, 11) is -0.0778. The molecule has 1 aromatic carbocycles. The van der Waals surface area contributed by atoms with Gasteiger partial charge in [-0.05, 0) is 118 Å². The van der Waals surface area contributed by atoms with Gasteiger partial charge in [0.2, 0.25) is 11.8 Å². The van der Waals surface area contributed by atoms with Crippen molar-refractivity contribution in [1.82, 2.24) is 34.2 Å². The molecule has 292 valence electrons. The van der Waals surface area contributed by atoms with Gasteiger partial charge in [0.15, 0.2) is 14.5 Å². The molecule has 4 aromatic rings. The van der Waals surface area contributed by atoms with E-state index in [1.165, 1.54) is 0 Å². The maximum Gasteiger partial charge on any atom is 0.246 e. The summed E-state index contributed by atoms with van der Waals surface area (Å²) in [6, 6.07) is 3.55. The third-order valence-corrected chi connectivity index (χ3v) is 16.2. The van der Waals surface area contributed by atoms with Crippen LogP contribution < -0.4 is 9.47 Å². The van der Waals surface area contributed by atoms with E-state index in [1.807, 2.05) is 27.0 Å². The van der Waals surface area contributed by atoms with Gasteiger partial charge in [-0.1, -0.05) is 34.3 Å². The number of ether oxygens (including phenoxy) is 3. The van der Waals surface area contributed by atoms with Gasteiger partial charge >= 0.3 is 0 Å². The lowest BCUT2D eigenvalue weighted by molar-refractivity contribution is -0.0369. The van der Waals surface area contributed by atoms with E-state index in [0.717, 1.165) is 46.3 Å². The molecule has 1 unspecified atom stereocenters. The van der Waals surface area contributed by atoms with Crippen molar-refractivity contribution in [1.29, 1.82) is 0 Å². The Morgan fingerprint density at radius 3 is 2.53 bits per heavy atom. The highest BCUT2D eigenvalue weighted by molar-refractivity contribution is 14.1. The molecular weight excluding hydrogens is 804 g/mol. The van der Waals surface area contributed by atoms with Crippen LogP contribution in [0.3, 0.4) is 0 Å². The van der Waals surface area contributed by atoms with Crippen molar-refractivity contribution < 1.29 is 23.0 Å². The zero-order chi connectivity index (χ0) is 38.8. The van der Waals surface area contributed by atoms with Gasteiger partial charge in [-0.25, -0.2) is 13.8 Å². The molecule has 0 amide bonds. The molecule has 4 heterocycles. The first-order chi connectivity index (χ1) is 25.0. The van der Waals surface area contributed by atoms with E-state index in [2.05, 4.69) is 93.4 Å². The summed E-state index contributed by atoms with van der Waals surface area (Å²) in [5, 5.41) is 15.2. The second-order valence-electron chi connectivity index (χ2n) is 15.7. The molecule has 1 aliphatic heterocycles. The second-order valence-corrected chi connectivity index (χ2v) is 21.6. The van der Waals surface area contributed by atoms with Crippen LogP contribution in [0.4, 0.5) is 4.39 Å². The van der Waals surface area contributed by atoms with Crippen LogP contribution in [0.15, 0.2) is 18.7 Å². The summed E-state index contributed by atoms with van der Waals surface area (Å²) in [5.74, 6) is 0.870. The van der Waals surface area contributed by atoms with Crippen LogP contribution >= 0.6 is 22.6 Å². The predicted octanol–water partition coefficient (Wildman–Crippen LogP) is 9.30. The molecule has 53 heavy (non-hydrogen) atoms. The minimum absolute atomic E-state index is 0.0239. The molecule has 0 N–H and O–H groups in total. The molecule has 1 fully saturated rings. The van der Waals surface area contributed by atoms with Crippen LogP contribution in [0.1, 0.15) is 97.1 Å². The van der Waals surface area contributed by atoms with Gasteiger partial charge in [0.1, 0.15) is 17.4 Å². The minimum Gasteiger partial charge on any atom is -0.476 e. The standard InChI is InChI=1S/C39H59FIN7O4Si/c1-13-31-29-20-28(21-30(40)36(29)48(43-31)33-18-16-17-19-50-33)34-27(6)42-45(10)38(34)52-26(5)22-46(14-2)23-32-35(41)37(49-15-3)44-47(32)25(4)24-51-53(11,12)39(7,8)9/h13,20-21,25-26,33H,1,14-19,22-24H2,2-12H3/t25-,26-,33?/m0/s1.